The number of carbonyl (C=O) groups is 1. The van der Waals surface area contributed by atoms with Crippen molar-refractivity contribution in [2.75, 3.05) is 26.2 Å². The monoisotopic (exact) mass is 328 g/mol. The lowest BCUT2D eigenvalue weighted by atomic mass is 10.1. The van der Waals surface area contributed by atoms with Crippen LogP contribution in [0.25, 0.3) is 0 Å². The minimum absolute atomic E-state index is 0.165. The summed E-state index contributed by atoms with van der Waals surface area (Å²) in [6.45, 7) is 5.57. The average Bonchev–Trinajstić information content (AvgIpc) is 3.29. The minimum atomic E-state index is -0.165. The molecule has 0 bridgehead atoms. The molecule has 0 unspecified atom stereocenters. The van der Waals surface area contributed by atoms with Crippen LogP contribution in [0.5, 0.6) is 0 Å². The number of aliphatic hydroxyl groups is 1. The molecule has 1 amide bonds. The van der Waals surface area contributed by atoms with Crippen molar-refractivity contribution >= 4 is 5.91 Å². The number of amides is 1. The molecule has 1 N–H and O–H groups in total. The molecule has 2 aliphatic carbocycles. The molecule has 1 saturated heterocycles. The van der Waals surface area contributed by atoms with Crippen LogP contribution in [0.15, 0.2) is 24.3 Å². The largest absolute Gasteiger partial charge is 0.391 e. The molecule has 1 aromatic rings. The Balaban J connectivity index is 1.31. The van der Waals surface area contributed by atoms with Crippen molar-refractivity contribution in [3.63, 3.8) is 0 Å². The summed E-state index contributed by atoms with van der Waals surface area (Å²) in [5, 5.41) is 10.1. The van der Waals surface area contributed by atoms with Gasteiger partial charge >= 0.3 is 0 Å². The molecule has 0 radical (unpaired) electrons. The molecular formula is C20H28N2O2. The number of aliphatic hydroxyl groups excluding tert-OH is 1. The number of hydrogen-bond acceptors (Lipinski definition) is 3. The van der Waals surface area contributed by atoms with Gasteiger partial charge < -0.3 is 10.0 Å². The van der Waals surface area contributed by atoms with Crippen LogP contribution in [0.3, 0.4) is 0 Å². The summed E-state index contributed by atoms with van der Waals surface area (Å²) in [5.74, 6) is 0.954. The van der Waals surface area contributed by atoms with Gasteiger partial charge in [0.25, 0.3) is 0 Å². The van der Waals surface area contributed by atoms with E-state index in [1.54, 1.807) is 0 Å². The third-order valence-corrected chi connectivity index (χ3v) is 6.12. The highest BCUT2D eigenvalue weighted by atomic mass is 16.3. The number of hydrogen-bond donors (Lipinski definition) is 1. The van der Waals surface area contributed by atoms with E-state index in [9.17, 15) is 9.90 Å². The molecular weight excluding hydrogens is 300 g/mol. The minimum Gasteiger partial charge on any atom is -0.391 e. The summed E-state index contributed by atoms with van der Waals surface area (Å²) in [5.41, 5.74) is 2.59. The van der Waals surface area contributed by atoms with Crippen molar-refractivity contribution in [2.45, 2.75) is 50.7 Å². The first kappa shape index (κ1) is 16.1. The Bertz CT molecular complexity index is 609. The second-order valence-corrected chi connectivity index (χ2v) is 7.79. The van der Waals surface area contributed by atoms with Gasteiger partial charge in [0.2, 0.25) is 5.91 Å². The van der Waals surface area contributed by atoms with E-state index in [-0.39, 0.29) is 12.0 Å². The Morgan fingerprint density at radius 1 is 1.17 bits per heavy atom. The summed E-state index contributed by atoms with van der Waals surface area (Å²) in [6.07, 6.45) is 4.01. The number of carbonyl (C=O) groups excluding carboxylic acids is 1. The van der Waals surface area contributed by atoms with Crippen LogP contribution in [0.2, 0.25) is 0 Å². The van der Waals surface area contributed by atoms with E-state index in [1.165, 1.54) is 11.1 Å². The van der Waals surface area contributed by atoms with Crippen LogP contribution in [0.1, 0.15) is 42.7 Å². The van der Waals surface area contributed by atoms with Gasteiger partial charge in [0.1, 0.15) is 0 Å². The third-order valence-electron chi connectivity index (χ3n) is 6.12. The zero-order valence-corrected chi connectivity index (χ0v) is 14.5. The number of aryl methyl sites for hydroxylation is 1. The number of benzene rings is 1. The highest BCUT2D eigenvalue weighted by Gasteiger charge is 2.46. The first-order valence-corrected chi connectivity index (χ1v) is 9.41. The fourth-order valence-corrected chi connectivity index (χ4v) is 4.59. The number of nitrogens with zero attached hydrogens (tertiary/aromatic N) is 2. The number of piperazine rings is 1. The lowest BCUT2D eigenvalue weighted by molar-refractivity contribution is -0.135. The molecule has 4 atom stereocenters. The summed E-state index contributed by atoms with van der Waals surface area (Å²) < 4.78 is 0. The Kier molecular flexibility index (Phi) is 4.35. The van der Waals surface area contributed by atoms with Gasteiger partial charge in [0.15, 0.2) is 0 Å². The third kappa shape index (κ3) is 3.09. The van der Waals surface area contributed by atoms with Crippen LogP contribution < -0.4 is 0 Å². The normalized spacial score (nSPS) is 33.7. The predicted octanol–water partition coefficient (Wildman–Crippen LogP) is 2.16. The summed E-state index contributed by atoms with van der Waals surface area (Å²) in [6, 6.07) is 8.90. The van der Waals surface area contributed by atoms with Gasteiger partial charge in [0.05, 0.1) is 6.10 Å². The van der Waals surface area contributed by atoms with Crippen molar-refractivity contribution < 1.29 is 9.90 Å². The molecule has 3 fully saturated rings. The van der Waals surface area contributed by atoms with Crippen molar-refractivity contribution in [2.24, 2.45) is 5.92 Å². The molecule has 4 nitrogen and oxygen atoms in total. The average molecular weight is 328 g/mol. The van der Waals surface area contributed by atoms with Crippen LogP contribution in [0.4, 0.5) is 0 Å². The Labute approximate surface area is 144 Å². The Hall–Kier alpha value is -1.39. The highest BCUT2D eigenvalue weighted by molar-refractivity contribution is 5.83. The van der Waals surface area contributed by atoms with Gasteiger partial charge in [0, 0.05) is 38.1 Å². The van der Waals surface area contributed by atoms with Crippen molar-refractivity contribution in [3.8, 4) is 0 Å². The predicted molar refractivity (Wildman–Crippen MR) is 93.8 cm³/mol. The van der Waals surface area contributed by atoms with Crippen LogP contribution in [-0.4, -0.2) is 59.1 Å². The summed E-state index contributed by atoms with van der Waals surface area (Å²) in [4.78, 5) is 17.2. The van der Waals surface area contributed by atoms with Gasteiger partial charge in [-0.05, 0) is 44.1 Å². The Morgan fingerprint density at radius 2 is 1.96 bits per heavy atom. The van der Waals surface area contributed by atoms with Gasteiger partial charge in [-0.2, -0.15) is 0 Å². The first-order chi connectivity index (χ1) is 11.6. The molecule has 4 rings (SSSR count). The maximum atomic E-state index is 12.8. The first-order valence-electron chi connectivity index (χ1n) is 9.41. The lowest BCUT2D eigenvalue weighted by Crippen LogP contribution is -2.54. The zero-order valence-electron chi connectivity index (χ0n) is 14.5. The van der Waals surface area contributed by atoms with E-state index in [0.717, 1.165) is 51.9 Å². The quantitative estimate of drug-likeness (QED) is 0.925. The molecule has 1 aromatic carbocycles. The van der Waals surface area contributed by atoms with E-state index < -0.39 is 0 Å². The van der Waals surface area contributed by atoms with E-state index >= 15 is 0 Å². The van der Waals surface area contributed by atoms with Gasteiger partial charge in [-0.25, -0.2) is 0 Å². The smallest absolute Gasteiger partial charge is 0.226 e. The highest BCUT2D eigenvalue weighted by Crippen LogP contribution is 2.48. The molecule has 2 saturated carbocycles. The topological polar surface area (TPSA) is 43.8 Å². The number of rotatable bonds is 3. The maximum Gasteiger partial charge on any atom is 0.226 e. The fraction of sp³-hybridized carbons (Fsp3) is 0.650. The lowest BCUT2D eigenvalue weighted by Gasteiger charge is -2.39. The second kappa shape index (κ2) is 6.49. The van der Waals surface area contributed by atoms with Crippen molar-refractivity contribution in [1.82, 2.24) is 9.80 Å². The van der Waals surface area contributed by atoms with Crippen molar-refractivity contribution in [1.29, 1.82) is 0 Å². The van der Waals surface area contributed by atoms with Gasteiger partial charge in [-0.15, -0.1) is 0 Å². The second-order valence-electron chi connectivity index (χ2n) is 7.79. The van der Waals surface area contributed by atoms with Crippen LogP contribution >= 0.6 is 0 Å². The Morgan fingerprint density at radius 3 is 2.62 bits per heavy atom. The molecule has 0 spiro atoms. The molecule has 0 aromatic heterocycles. The molecule has 130 valence electrons. The van der Waals surface area contributed by atoms with Gasteiger partial charge in [-0.1, -0.05) is 29.8 Å². The zero-order chi connectivity index (χ0) is 16.7. The molecule has 1 heterocycles. The molecule has 1 aliphatic heterocycles. The molecule has 24 heavy (non-hydrogen) atoms. The fourth-order valence-electron chi connectivity index (χ4n) is 4.59. The molecule has 4 heteroatoms. The van der Waals surface area contributed by atoms with Crippen molar-refractivity contribution in [3.05, 3.63) is 35.4 Å². The van der Waals surface area contributed by atoms with Crippen LogP contribution in [-0.2, 0) is 4.79 Å². The maximum absolute atomic E-state index is 12.8. The van der Waals surface area contributed by atoms with Crippen LogP contribution in [0, 0.1) is 12.8 Å². The van der Waals surface area contributed by atoms with E-state index in [0.29, 0.717) is 17.9 Å². The summed E-state index contributed by atoms with van der Waals surface area (Å²) >= 11 is 0. The standard InChI is InChI=1S/C20H28N2O2/c1-14-4-2-5-15(12-14)16-13-17(16)20(24)22-10-8-21(9-11-22)18-6-3-7-19(18)23/h2,4-5,12,16-19,23H,3,6-11,13H2,1H3/t16-,17-,18-,19-/m0/s1. The van der Waals surface area contributed by atoms with E-state index in [2.05, 4.69) is 41.0 Å². The summed E-state index contributed by atoms with van der Waals surface area (Å²) in [7, 11) is 0. The molecule has 3 aliphatic rings. The van der Waals surface area contributed by atoms with E-state index in [1.807, 2.05) is 0 Å². The SMILES string of the molecule is Cc1cccc([C@@H]2C[C@@H]2C(=O)N2CCN([C@H]3CCC[C@@H]3O)CC2)c1. The van der Waals surface area contributed by atoms with Gasteiger partial charge in [-0.3, -0.25) is 9.69 Å². The van der Waals surface area contributed by atoms with E-state index in [4.69, 9.17) is 0 Å².